The third-order valence-electron chi connectivity index (χ3n) is 46.7. The SMILES string of the molecule is CCC(C)(C)C(=O)OC1CC2CC1C1(CCOC1=O)C2.CCC(C)(C)C(=O)OC1CC2CC1C1(COC(=O)C1)C2.CCC(C)(C)C(=O)OC1CC2CC1C1C(=O)OCC21.CCC(C)(C)C(=O)OC1CC2CC1C1C2C2CC1C1(CCOC1=O)C2.CCC(C)(C)C(=O)OC1CC2CC1C1C3CC(C21)C1(CCOC1=O)C3.CCC(C)(C)C(=O)OC1CC2CC1CC21CCOC1=O.CCC(C)(C)C(=O)OC1CC2CC1CC21COC(=O)C1. The normalized spacial score (nSPS) is 42.9. The summed E-state index contributed by atoms with van der Waals surface area (Å²) in [4.78, 5) is 170. The highest BCUT2D eigenvalue weighted by molar-refractivity contribution is 5.85. The van der Waals surface area contributed by atoms with Crippen molar-refractivity contribution in [2.75, 3.05) is 46.2 Å². The lowest BCUT2D eigenvalue weighted by atomic mass is 9.60. The minimum Gasteiger partial charge on any atom is -0.465 e. The first-order chi connectivity index (χ1) is 70.2. The molecule has 0 aromatic heterocycles. The van der Waals surface area contributed by atoms with E-state index in [2.05, 4.69) is 0 Å². The van der Waals surface area contributed by atoms with Gasteiger partial charge in [-0.05, 0) is 421 Å². The molecule has 149 heavy (non-hydrogen) atoms. The Morgan fingerprint density at radius 2 is 0.611 bits per heavy atom. The molecule has 18 aliphatic carbocycles. The van der Waals surface area contributed by atoms with Crippen LogP contribution >= 0.6 is 0 Å². The van der Waals surface area contributed by atoms with Gasteiger partial charge < -0.3 is 66.3 Å². The van der Waals surface area contributed by atoms with Crippen molar-refractivity contribution >= 4 is 83.6 Å². The van der Waals surface area contributed by atoms with Crippen LogP contribution in [0.5, 0.6) is 0 Å². The van der Waals surface area contributed by atoms with Crippen LogP contribution in [-0.2, 0) is 133 Å². The fourth-order valence-corrected chi connectivity index (χ4v) is 35.2. The molecule has 25 fully saturated rings. The first kappa shape index (κ1) is 110. The van der Waals surface area contributed by atoms with E-state index in [9.17, 15) is 67.1 Å². The quantitative estimate of drug-likeness (QED) is 0.0585. The van der Waals surface area contributed by atoms with Crippen LogP contribution in [0.1, 0.15) is 370 Å². The fraction of sp³-hybridized carbons (Fsp3) is 0.884. The van der Waals surface area contributed by atoms with Gasteiger partial charge in [0.2, 0.25) is 0 Å². The Labute approximate surface area is 883 Å². The highest BCUT2D eigenvalue weighted by Gasteiger charge is 2.76. The summed E-state index contributed by atoms with van der Waals surface area (Å²) in [6.45, 7) is 45.3. The van der Waals surface area contributed by atoms with E-state index in [4.69, 9.17) is 66.3 Å². The van der Waals surface area contributed by atoms with E-state index in [1.165, 1.54) is 25.7 Å². The van der Waals surface area contributed by atoms with Crippen LogP contribution < -0.4 is 0 Å². The van der Waals surface area contributed by atoms with Gasteiger partial charge in [0, 0.05) is 34.5 Å². The molecule has 6 spiro atoms. The smallest absolute Gasteiger partial charge is 0.312 e. The van der Waals surface area contributed by atoms with Gasteiger partial charge in [0.1, 0.15) is 42.7 Å². The van der Waals surface area contributed by atoms with Gasteiger partial charge in [0.25, 0.3) is 0 Å². The molecule has 37 atom stereocenters. The Kier molecular flexibility index (Phi) is 29.5. The van der Waals surface area contributed by atoms with Crippen LogP contribution in [0.25, 0.3) is 0 Å². The molecule has 0 N–H and O–H groups in total. The molecule has 28 nitrogen and oxygen atoms in total. The molecule has 7 heterocycles. The average Bonchev–Trinajstić information content (AvgIpc) is 1.52. The van der Waals surface area contributed by atoms with E-state index in [-0.39, 0.29) is 182 Å². The Hall–Kier alpha value is -7.42. The second kappa shape index (κ2) is 40.0. The van der Waals surface area contributed by atoms with Gasteiger partial charge in [-0.3, -0.25) is 67.1 Å². The summed E-state index contributed by atoms with van der Waals surface area (Å²) in [5, 5.41) is 0. The molecule has 0 radical (unpaired) electrons. The monoisotopic (exact) mass is 2080 g/mol. The Morgan fingerprint density at radius 3 is 1.01 bits per heavy atom. The highest BCUT2D eigenvalue weighted by Crippen LogP contribution is 2.77. The largest absolute Gasteiger partial charge is 0.465 e. The number of hydrogen-bond acceptors (Lipinski definition) is 28. The third kappa shape index (κ3) is 19.0. The maximum Gasteiger partial charge on any atom is 0.312 e. The van der Waals surface area contributed by atoms with Crippen LogP contribution in [0.15, 0.2) is 0 Å². The Balaban J connectivity index is 0.000000110. The van der Waals surface area contributed by atoms with E-state index in [0.29, 0.717) is 177 Å². The lowest BCUT2D eigenvalue weighted by Gasteiger charge is -2.44. The zero-order valence-corrected chi connectivity index (χ0v) is 93.5. The minimum atomic E-state index is -0.439. The van der Waals surface area contributed by atoms with Gasteiger partial charge in [-0.1, -0.05) is 48.5 Å². The summed E-state index contributed by atoms with van der Waals surface area (Å²) < 4.78 is 77.6. The lowest BCUT2D eigenvalue weighted by Crippen LogP contribution is -2.46. The predicted octanol–water partition coefficient (Wildman–Crippen LogP) is 20.1. The van der Waals surface area contributed by atoms with E-state index in [0.717, 1.165) is 192 Å². The maximum atomic E-state index is 12.6. The average molecular weight is 2080 g/mol. The number of rotatable bonds is 21. The van der Waals surface area contributed by atoms with Gasteiger partial charge in [-0.25, -0.2) is 0 Å². The summed E-state index contributed by atoms with van der Waals surface area (Å²) in [5.41, 5.74) is -3.78. The van der Waals surface area contributed by atoms with Crippen molar-refractivity contribution in [1.29, 1.82) is 0 Å². The summed E-state index contributed by atoms with van der Waals surface area (Å²) in [7, 11) is 0. The number of carbonyl (C=O) groups excluding carboxylic acids is 14. The number of cyclic esters (lactones) is 7. The van der Waals surface area contributed by atoms with Gasteiger partial charge >= 0.3 is 83.6 Å². The summed E-state index contributed by atoms with van der Waals surface area (Å²) in [6, 6.07) is 0. The van der Waals surface area contributed by atoms with Gasteiger partial charge in [0.15, 0.2) is 0 Å². The Morgan fingerprint density at radius 1 is 0.268 bits per heavy atom. The number of ether oxygens (including phenoxy) is 14. The molecule has 28 heteroatoms. The highest BCUT2D eigenvalue weighted by atomic mass is 16.6. The molecule has 0 aromatic rings. The molecule has 18 bridgehead atoms. The second-order valence-electron chi connectivity index (χ2n) is 56.8. The minimum absolute atomic E-state index is 0.0105. The third-order valence-corrected chi connectivity index (χ3v) is 46.7. The maximum absolute atomic E-state index is 12.6. The fourth-order valence-electron chi connectivity index (χ4n) is 35.2. The van der Waals surface area contributed by atoms with Crippen molar-refractivity contribution in [3.8, 4) is 0 Å². The first-order valence-corrected chi connectivity index (χ1v) is 58.8. The molecule has 25 rings (SSSR count). The Bertz CT molecular complexity index is 5170. The molecule has 7 aliphatic heterocycles. The van der Waals surface area contributed by atoms with Crippen molar-refractivity contribution in [2.24, 2.45) is 212 Å². The number of hydrogen-bond donors (Lipinski definition) is 0. The van der Waals surface area contributed by atoms with E-state index in [1.54, 1.807) is 0 Å². The van der Waals surface area contributed by atoms with E-state index >= 15 is 0 Å². The number of fused-ring (bicyclic) bond motifs is 37. The van der Waals surface area contributed by atoms with Crippen LogP contribution in [-0.4, -0.2) is 173 Å². The van der Waals surface area contributed by atoms with E-state index in [1.807, 2.05) is 145 Å². The van der Waals surface area contributed by atoms with Gasteiger partial charge in [-0.2, -0.15) is 0 Å². The molecule has 830 valence electrons. The van der Waals surface area contributed by atoms with Crippen molar-refractivity contribution in [3.63, 3.8) is 0 Å². The van der Waals surface area contributed by atoms with E-state index < -0.39 is 32.5 Å². The molecule has 0 aromatic carbocycles. The van der Waals surface area contributed by atoms with Gasteiger partial charge in [0.05, 0.1) is 125 Å². The van der Waals surface area contributed by atoms with Crippen molar-refractivity contribution in [2.45, 2.75) is 413 Å². The number of esters is 14. The van der Waals surface area contributed by atoms with Crippen LogP contribution in [0.3, 0.4) is 0 Å². The first-order valence-electron chi connectivity index (χ1n) is 58.8. The molecule has 0 amide bonds. The predicted molar refractivity (Wildman–Crippen MR) is 542 cm³/mol. The summed E-state index contributed by atoms with van der Waals surface area (Å²) in [5.74, 6) is 11.1. The lowest BCUT2D eigenvalue weighted by molar-refractivity contribution is -0.169. The van der Waals surface area contributed by atoms with Crippen molar-refractivity contribution < 1.29 is 133 Å². The summed E-state index contributed by atoms with van der Waals surface area (Å²) >= 11 is 0. The van der Waals surface area contributed by atoms with Crippen LogP contribution in [0.4, 0.5) is 0 Å². The number of carbonyl (C=O) groups is 14. The molecular weight excluding hydrogens is 1900 g/mol. The molecule has 25 aliphatic rings. The second-order valence-corrected chi connectivity index (χ2v) is 56.8. The molecule has 18 saturated carbocycles. The molecule has 37 unspecified atom stereocenters. The zero-order valence-electron chi connectivity index (χ0n) is 93.5. The molecule has 7 saturated heterocycles. The van der Waals surface area contributed by atoms with Crippen molar-refractivity contribution in [3.05, 3.63) is 0 Å². The summed E-state index contributed by atoms with van der Waals surface area (Å²) in [6.07, 6.45) is 32.8. The zero-order chi connectivity index (χ0) is 107. The van der Waals surface area contributed by atoms with Crippen molar-refractivity contribution in [1.82, 2.24) is 0 Å². The van der Waals surface area contributed by atoms with Gasteiger partial charge in [-0.15, -0.1) is 0 Å². The van der Waals surface area contributed by atoms with Crippen LogP contribution in [0, 0.1) is 212 Å². The standard InChI is InChI=1S/2C21H30O4.4C16H24O4.C15H22O4/c1-4-20(2,3)18(22)25-15-9-11-7-13(15)16-12-8-14(17(11)16)21(10-12)5-6-24-19(21)23;1-4-20(2,3)18(22)25-15-9-11-7-13(15)17-14-8-12(16(11)17)10-21(14)5-6-24-19(21)23;1-4-15(2,3)14(18)20-12-6-11-5-10(12)7-16(11)8-13(17)19-9-16;1-4-15(2,3)14(18)20-12-6-10-5-11(12)16(7-10)8-13(17)19-9-16;1-4-15(2,3)13(17)20-12-8-11-7-10(12)9-16(11)5-6-19-14(16)18;1-4-15(2,3)13(17)20-12-8-10-7-11(12)16(9-10)5-6-19-14(16)18;1-4-15(2,3)14(17)19-11-6-8-5-9(11)12-10(8)7-18-13(12)16/h2*11-17H,4-10H2,1-3H3;4*10-12H,4-9H2,1-3H3;8-12H,4-7H2,1-3H3. The molecular formula is C121H178O28. The topological polar surface area (TPSA) is 368 Å². The van der Waals surface area contributed by atoms with Crippen LogP contribution in [0.2, 0.25) is 0 Å².